The maximum Gasteiger partial charge on any atom is 0.307 e. The lowest BCUT2D eigenvalue weighted by Crippen LogP contribution is -2.01. The van der Waals surface area contributed by atoms with Gasteiger partial charge in [0, 0.05) is 16.5 Å². The van der Waals surface area contributed by atoms with Crippen LogP contribution in [0.3, 0.4) is 0 Å². The number of H-pyrrole nitrogens is 1. The Morgan fingerprint density at radius 3 is 2.70 bits per heavy atom. The molecule has 0 aliphatic rings. The van der Waals surface area contributed by atoms with Crippen LogP contribution in [0.4, 0.5) is 0 Å². The molecule has 2 aromatic carbocycles. The van der Waals surface area contributed by atoms with Gasteiger partial charge in [-0.3, -0.25) is 4.79 Å². The molecule has 0 saturated carbocycles. The Balaban J connectivity index is 2.24. The first-order chi connectivity index (χ1) is 11.1. The molecule has 0 amide bonds. The zero-order chi connectivity index (χ0) is 16.4. The van der Waals surface area contributed by atoms with E-state index in [1.54, 1.807) is 0 Å². The van der Waals surface area contributed by atoms with Crippen molar-refractivity contribution >= 4 is 16.9 Å². The van der Waals surface area contributed by atoms with Gasteiger partial charge >= 0.3 is 5.97 Å². The van der Waals surface area contributed by atoms with Crippen LogP contribution < -0.4 is 4.74 Å². The van der Waals surface area contributed by atoms with E-state index in [1.165, 1.54) is 0 Å². The van der Waals surface area contributed by atoms with E-state index in [2.05, 4.69) is 4.98 Å². The zero-order valence-electron chi connectivity index (χ0n) is 13.2. The number of carbonyl (C=O) groups is 1. The summed E-state index contributed by atoms with van der Waals surface area (Å²) in [6.45, 7) is 4.53. The van der Waals surface area contributed by atoms with E-state index in [0.29, 0.717) is 6.61 Å². The highest BCUT2D eigenvalue weighted by Gasteiger charge is 2.17. The van der Waals surface area contributed by atoms with E-state index in [-0.39, 0.29) is 6.42 Å². The van der Waals surface area contributed by atoms with E-state index < -0.39 is 5.97 Å². The third kappa shape index (κ3) is 2.93. The Morgan fingerprint density at radius 2 is 2.00 bits per heavy atom. The van der Waals surface area contributed by atoms with Crippen LogP contribution in [0.5, 0.6) is 5.75 Å². The molecular weight excluding hydrogens is 290 g/mol. The molecule has 118 valence electrons. The Labute approximate surface area is 134 Å². The number of hydrogen-bond acceptors (Lipinski definition) is 2. The second kappa shape index (κ2) is 6.16. The normalized spacial score (nSPS) is 10.9. The molecule has 4 nitrogen and oxygen atoms in total. The highest BCUT2D eigenvalue weighted by atomic mass is 16.5. The van der Waals surface area contributed by atoms with E-state index in [0.717, 1.165) is 39.0 Å². The predicted molar refractivity (Wildman–Crippen MR) is 91.0 cm³/mol. The van der Waals surface area contributed by atoms with Gasteiger partial charge in [-0.2, -0.15) is 0 Å². The lowest BCUT2D eigenvalue weighted by atomic mass is 9.99. The molecule has 23 heavy (non-hydrogen) atoms. The van der Waals surface area contributed by atoms with Gasteiger partial charge in [-0.05, 0) is 43.2 Å². The molecule has 4 heteroatoms. The van der Waals surface area contributed by atoms with Crippen molar-refractivity contribution in [3.63, 3.8) is 0 Å². The fraction of sp³-hybridized carbons (Fsp3) is 0.211. The van der Waals surface area contributed by atoms with Crippen molar-refractivity contribution in [1.82, 2.24) is 4.98 Å². The first kappa shape index (κ1) is 15.2. The molecule has 0 spiro atoms. The monoisotopic (exact) mass is 309 g/mol. The van der Waals surface area contributed by atoms with Gasteiger partial charge in [0.1, 0.15) is 5.75 Å². The SMILES string of the molecule is CCOc1ccc2[nH]c(-c3ccccc3C)c(CC(=O)O)c2c1. The van der Waals surface area contributed by atoms with Gasteiger partial charge in [-0.15, -0.1) is 0 Å². The minimum Gasteiger partial charge on any atom is -0.494 e. The van der Waals surface area contributed by atoms with Crippen molar-refractivity contribution in [2.75, 3.05) is 6.61 Å². The maximum absolute atomic E-state index is 11.3. The summed E-state index contributed by atoms with van der Waals surface area (Å²) in [5.41, 5.74) is 4.72. The van der Waals surface area contributed by atoms with Gasteiger partial charge in [-0.25, -0.2) is 0 Å². The summed E-state index contributed by atoms with van der Waals surface area (Å²) in [6, 6.07) is 13.7. The molecule has 3 rings (SSSR count). The van der Waals surface area contributed by atoms with Crippen molar-refractivity contribution < 1.29 is 14.6 Å². The van der Waals surface area contributed by atoms with E-state index in [4.69, 9.17) is 4.74 Å². The number of fused-ring (bicyclic) bond motifs is 1. The second-order valence-corrected chi connectivity index (χ2v) is 5.50. The van der Waals surface area contributed by atoms with E-state index >= 15 is 0 Å². The molecule has 0 atom stereocenters. The molecule has 0 aliphatic heterocycles. The number of hydrogen-bond donors (Lipinski definition) is 2. The summed E-state index contributed by atoms with van der Waals surface area (Å²) >= 11 is 0. The molecule has 0 aliphatic carbocycles. The van der Waals surface area contributed by atoms with Gasteiger partial charge in [0.15, 0.2) is 0 Å². The largest absolute Gasteiger partial charge is 0.494 e. The molecule has 0 saturated heterocycles. The van der Waals surface area contributed by atoms with Crippen molar-refractivity contribution in [2.45, 2.75) is 20.3 Å². The fourth-order valence-corrected chi connectivity index (χ4v) is 2.90. The van der Waals surface area contributed by atoms with Crippen LogP contribution >= 0.6 is 0 Å². The molecule has 0 fully saturated rings. The molecular formula is C19H19NO3. The summed E-state index contributed by atoms with van der Waals surface area (Å²) < 4.78 is 5.55. The van der Waals surface area contributed by atoms with Gasteiger partial charge in [0.2, 0.25) is 0 Å². The summed E-state index contributed by atoms with van der Waals surface area (Å²) in [5, 5.41) is 10.2. The van der Waals surface area contributed by atoms with Gasteiger partial charge in [0.25, 0.3) is 0 Å². The summed E-state index contributed by atoms with van der Waals surface area (Å²) in [4.78, 5) is 14.7. The van der Waals surface area contributed by atoms with Crippen LogP contribution in [0.15, 0.2) is 42.5 Å². The van der Waals surface area contributed by atoms with Gasteiger partial charge in [0.05, 0.1) is 18.7 Å². The van der Waals surface area contributed by atoms with Crippen molar-refractivity contribution in [3.8, 4) is 17.0 Å². The van der Waals surface area contributed by atoms with Crippen molar-refractivity contribution in [2.24, 2.45) is 0 Å². The molecule has 3 aromatic rings. The summed E-state index contributed by atoms with van der Waals surface area (Å²) in [7, 11) is 0. The van der Waals surface area contributed by atoms with E-state index in [9.17, 15) is 9.90 Å². The van der Waals surface area contributed by atoms with Crippen LogP contribution in [0.1, 0.15) is 18.1 Å². The minimum absolute atomic E-state index is 0.0285. The van der Waals surface area contributed by atoms with E-state index in [1.807, 2.05) is 56.3 Å². The number of rotatable bonds is 5. The van der Waals surface area contributed by atoms with Crippen LogP contribution in [0.25, 0.3) is 22.2 Å². The Kier molecular flexibility index (Phi) is 4.06. The predicted octanol–water partition coefficient (Wildman–Crippen LogP) is 4.17. The molecule has 2 N–H and O–H groups in total. The number of ether oxygens (including phenoxy) is 1. The first-order valence-corrected chi connectivity index (χ1v) is 7.65. The molecule has 0 unspecified atom stereocenters. The number of aromatic amines is 1. The smallest absolute Gasteiger partial charge is 0.307 e. The third-order valence-corrected chi connectivity index (χ3v) is 3.93. The molecule has 0 radical (unpaired) electrons. The Morgan fingerprint density at radius 1 is 1.22 bits per heavy atom. The highest BCUT2D eigenvalue weighted by molar-refractivity contribution is 5.95. The van der Waals surface area contributed by atoms with Gasteiger partial charge in [-0.1, -0.05) is 24.3 Å². The average Bonchev–Trinajstić information content (AvgIpc) is 2.86. The summed E-state index contributed by atoms with van der Waals surface area (Å²) in [5.74, 6) is -0.0930. The number of carboxylic acids is 1. The maximum atomic E-state index is 11.3. The van der Waals surface area contributed by atoms with Crippen molar-refractivity contribution in [1.29, 1.82) is 0 Å². The number of aromatic nitrogens is 1. The Bertz CT molecular complexity index is 864. The number of benzene rings is 2. The van der Waals surface area contributed by atoms with Crippen LogP contribution in [0.2, 0.25) is 0 Å². The van der Waals surface area contributed by atoms with Crippen LogP contribution in [0, 0.1) is 6.92 Å². The van der Waals surface area contributed by atoms with Crippen molar-refractivity contribution in [3.05, 3.63) is 53.6 Å². The number of nitrogens with one attached hydrogen (secondary N) is 1. The fourth-order valence-electron chi connectivity index (χ4n) is 2.90. The van der Waals surface area contributed by atoms with Gasteiger partial charge < -0.3 is 14.8 Å². The standard InChI is InChI=1S/C19H19NO3/c1-3-23-13-8-9-17-15(10-13)16(11-18(21)22)19(20-17)14-7-5-4-6-12(14)2/h4-10,20H,3,11H2,1-2H3,(H,21,22). The molecule has 0 bridgehead atoms. The van der Waals surface area contributed by atoms with Crippen LogP contribution in [-0.4, -0.2) is 22.7 Å². The second-order valence-electron chi connectivity index (χ2n) is 5.50. The molecule has 1 aromatic heterocycles. The number of aliphatic carboxylic acids is 1. The topological polar surface area (TPSA) is 62.3 Å². The summed E-state index contributed by atoms with van der Waals surface area (Å²) in [6.07, 6.45) is -0.0285. The molecule has 1 heterocycles. The lowest BCUT2D eigenvalue weighted by molar-refractivity contribution is -0.136. The lowest BCUT2D eigenvalue weighted by Gasteiger charge is -2.07. The quantitative estimate of drug-likeness (QED) is 0.743. The first-order valence-electron chi connectivity index (χ1n) is 7.65. The zero-order valence-corrected chi connectivity index (χ0v) is 13.2. The number of aryl methyl sites for hydroxylation is 1. The highest BCUT2D eigenvalue weighted by Crippen LogP contribution is 2.34. The average molecular weight is 309 g/mol. The number of carboxylic acid groups (broad SMARTS) is 1. The third-order valence-electron chi connectivity index (χ3n) is 3.93. The van der Waals surface area contributed by atoms with Crippen LogP contribution in [-0.2, 0) is 11.2 Å². The Hall–Kier alpha value is -2.75. The minimum atomic E-state index is -0.845.